The van der Waals surface area contributed by atoms with Gasteiger partial charge in [-0.2, -0.15) is 21.6 Å². The fourth-order valence-electron chi connectivity index (χ4n) is 0. The van der Waals surface area contributed by atoms with E-state index >= 15 is 0 Å². The molecule has 0 aromatic carbocycles. The predicted molar refractivity (Wildman–Crippen MR) is 18.3 cm³/mol. The van der Waals surface area contributed by atoms with Gasteiger partial charge in [-0.1, -0.05) is 0 Å². The van der Waals surface area contributed by atoms with Crippen LogP contribution < -0.4 is 0 Å². The molecule has 0 unspecified atom stereocenters. The van der Waals surface area contributed by atoms with Crippen molar-refractivity contribution in [2.24, 2.45) is 0 Å². The van der Waals surface area contributed by atoms with Crippen LogP contribution >= 0.6 is 0 Å². The Morgan fingerprint density at radius 2 is 1.30 bits per heavy atom. The molecule has 0 atom stereocenters. The number of halogens is 3. The third-order valence-electron chi connectivity index (χ3n) is 0.292. The fraction of sp³-hybridized carbons (Fsp3) is 1.00. The zero-order valence-electron chi connectivity index (χ0n) is 4.02. The van der Waals surface area contributed by atoms with E-state index in [9.17, 15) is 13.2 Å². The summed E-state index contributed by atoms with van der Waals surface area (Å²) in [5.74, 6) is 0. The van der Waals surface area contributed by atoms with E-state index in [-0.39, 0.29) is 0 Å². The second kappa shape index (κ2) is 4.19. The summed E-state index contributed by atoms with van der Waals surface area (Å²) in [6.07, 6.45) is 0. The molecule has 0 aliphatic carbocycles. The first-order valence-electron chi connectivity index (χ1n) is 1.41. The molecule has 0 aliphatic heterocycles. The van der Waals surface area contributed by atoms with Gasteiger partial charge in [0.1, 0.15) is 0 Å². The van der Waals surface area contributed by atoms with Gasteiger partial charge in [-0.15, -0.1) is 0 Å². The molecule has 0 spiro atoms. The number of hydrogen-bond acceptors (Lipinski definition) is 3. The third-order valence-corrected chi connectivity index (χ3v) is 0.877. The first-order chi connectivity index (χ1) is 4.25. The zero-order valence-corrected chi connectivity index (χ0v) is 6.31. The van der Waals surface area contributed by atoms with Crippen LogP contribution in [0.1, 0.15) is 0 Å². The SMILES string of the molecule is O=S(=O)(O)C(F)(F)F.[O]=[Ag]. The normalized spacial score (nSPS) is 11.8. The molecule has 0 amide bonds. The van der Waals surface area contributed by atoms with Crippen molar-refractivity contribution in [1.82, 2.24) is 0 Å². The van der Waals surface area contributed by atoms with Gasteiger partial charge >= 0.3 is 39.9 Å². The molecule has 0 aromatic heterocycles. The molecule has 0 bridgehead atoms. The average Bonchev–Trinajstić information content (AvgIpc) is 1.66. The summed E-state index contributed by atoms with van der Waals surface area (Å²) in [5.41, 5.74) is -5.53. The summed E-state index contributed by atoms with van der Waals surface area (Å²) in [4.78, 5) is 0. The van der Waals surface area contributed by atoms with Crippen molar-refractivity contribution in [3.63, 3.8) is 0 Å². The molecule has 0 heterocycles. The van der Waals surface area contributed by atoms with Crippen molar-refractivity contribution in [2.75, 3.05) is 0 Å². The van der Waals surface area contributed by atoms with Gasteiger partial charge in [0.25, 0.3) is 0 Å². The maximum atomic E-state index is 10.7. The van der Waals surface area contributed by atoms with Crippen molar-refractivity contribution in [3.05, 3.63) is 0 Å². The minimum atomic E-state index is -5.84. The quantitative estimate of drug-likeness (QED) is 0.391. The first-order valence-corrected chi connectivity index (χ1v) is 3.46. The van der Waals surface area contributed by atoms with Crippen LogP contribution in [0.15, 0.2) is 0 Å². The van der Waals surface area contributed by atoms with E-state index in [1.807, 2.05) is 0 Å². The summed E-state index contributed by atoms with van der Waals surface area (Å²) in [5, 5.41) is 0. The summed E-state index contributed by atoms with van der Waals surface area (Å²) < 4.78 is 65.6. The van der Waals surface area contributed by atoms with Crippen molar-refractivity contribution in [3.8, 4) is 0 Å². The molecule has 0 fully saturated rings. The molecule has 10 heavy (non-hydrogen) atoms. The third kappa shape index (κ3) is 5.06. The first kappa shape index (κ1) is 12.9. The molecule has 0 saturated heterocycles. The molecule has 0 saturated carbocycles. The number of rotatable bonds is 0. The summed E-state index contributed by atoms with van der Waals surface area (Å²) in [7, 11) is -5.84. The average molecular weight is 274 g/mol. The van der Waals surface area contributed by atoms with Crippen LogP contribution in [0.3, 0.4) is 0 Å². The Bertz CT molecular complexity index is 181. The maximum absolute atomic E-state index is 10.7. The Kier molecular flexibility index (Phi) is 5.39. The Balaban J connectivity index is 0. The fourth-order valence-corrected chi connectivity index (χ4v) is 0. The van der Waals surface area contributed by atoms with Crippen molar-refractivity contribution >= 4 is 10.1 Å². The van der Waals surface area contributed by atoms with Gasteiger partial charge in [-0.3, -0.25) is 4.55 Å². The molecule has 4 nitrogen and oxygen atoms in total. The van der Waals surface area contributed by atoms with Gasteiger partial charge in [0.2, 0.25) is 0 Å². The molecule has 0 rings (SSSR count). The molecule has 1 N–H and O–H groups in total. The molecule has 9 heteroatoms. The van der Waals surface area contributed by atoms with E-state index in [1.165, 1.54) is 0 Å². The Labute approximate surface area is 66.4 Å². The van der Waals surface area contributed by atoms with Gasteiger partial charge in [-0.25, -0.2) is 0 Å². The Morgan fingerprint density at radius 3 is 1.30 bits per heavy atom. The second-order valence-electron chi connectivity index (χ2n) is 0.921. The van der Waals surface area contributed by atoms with Crippen LogP contribution in [0.4, 0.5) is 13.2 Å². The van der Waals surface area contributed by atoms with E-state index in [0.717, 1.165) is 0 Å². The molecule has 0 aliphatic rings. The standard InChI is InChI=1S/CHF3O3S.Ag.O/c2-1(3,4)8(5,6)7;;/h(H,5,6,7);;. The second-order valence-corrected chi connectivity index (χ2v) is 2.33. The minimum absolute atomic E-state index is 1.70. The van der Waals surface area contributed by atoms with Crippen LogP contribution in [0.2, 0.25) is 0 Å². The number of hydrogen-bond donors (Lipinski definition) is 1. The predicted octanol–water partition coefficient (Wildman–Crippen LogP) is 0.273. The van der Waals surface area contributed by atoms with Crippen molar-refractivity contribution in [1.29, 1.82) is 0 Å². The van der Waals surface area contributed by atoms with Gasteiger partial charge in [-0.05, 0) is 0 Å². The van der Waals surface area contributed by atoms with Crippen LogP contribution in [0.5, 0.6) is 0 Å². The molecule has 67 valence electrons. The van der Waals surface area contributed by atoms with Gasteiger partial charge < -0.3 is 0 Å². The Morgan fingerprint density at radius 1 is 1.20 bits per heavy atom. The van der Waals surface area contributed by atoms with E-state index in [0.29, 0.717) is 0 Å². The van der Waals surface area contributed by atoms with Gasteiger partial charge in [0.15, 0.2) is 0 Å². The molecular formula is CHAgF3O4S. The molecular weight excluding hydrogens is 273 g/mol. The summed E-state index contributed by atoms with van der Waals surface area (Å²) >= 11 is 1.70. The van der Waals surface area contributed by atoms with Crippen LogP contribution in [0, 0.1) is 0 Å². The van der Waals surface area contributed by atoms with E-state index in [2.05, 4.69) is 0 Å². The number of alkyl halides is 3. The van der Waals surface area contributed by atoms with Crippen LogP contribution in [-0.4, -0.2) is 18.5 Å². The molecule has 0 aromatic rings. The Hall–Kier alpha value is 0.240. The van der Waals surface area contributed by atoms with E-state index in [4.69, 9.17) is 16.2 Å². The van der Waals surface area contributed by atoms with E-state index < -0.39 is 15.6 Å². The topological polar surface area (TPSA) is 71.4 Å². The van der Waals surface area contributed by atoms with Crippen molar-refractivity contribution < 1.29 is 50.4 Å². The molecule has 0 radical (unpaired) electrons. The zero-order chi connectivity index (χ0) is 9.00. The van der Waals surface area contributed by atoms with Crippen molar-refractivity contribution in [2.45, 2.75) is 5.51 Å². The van der Waals surface area contributed by atoms with Gasteiger partial charge in [0.05, 0.1) is 0 Å². The monoisotopic (exact) mass is 273 g/mol. The van der Waals surface area contributed by atoms with E-state index in [1.54, 1.807) is 21.0 Å². The van der Waals surface area contributed by atoms with Crippen LogP contribution in [-0.2, 0) is 34.4 Å². The summed E-state index contributed by atoms with van der Waals surface area (Å²) in [6.45, 7) is 0. The van der Waals surface area contributed by atoms with Crippen LogP contribution in [0.25, 0.3) is 0 Å². The summed E-state index contributed by atoms with van der Waals surface area (Å²) in [6, 6.07) is 0. The van der Waals surface area contributed by atoms with Gasteiger partial charge in [0, 0.05) is 0 Å².